The number of anilines is 4. The van der Waals surface area contributed by atoms with Crippen LogP contribution in [0.5, 0.6) is 6.01 Å². The molecule has 20 heteroatoms. The largest absolute Gasteiger partial charge is 0.480 e. The van der Waals surface area contributed by atoms with Crippen LogP contribution in [0.3, 0.4) is 0 Å². The Balaban J connectivity index is 1.19. The highest BCUT2D eigenvalue weighted by Gasteiger charge is 2.45. The van der Waals surface area contributed by atoms with Gasteiger partial charge in [0.1, 0.15) is 17.7 Å². The first-order valence-electron chi connectivity index (χ1n) is 15.5. The highest BCUT2D eigenvalue weighted by Crippen LogP contribution is 2.48. The number of carbonyl (C=O) groups excluding carboxylic acids is 3. The number of hydrogen-bond donors (Lipinski definition) is 6. The molecule has 3 amide bonds. The van der Waals surface area contributed by atoms with Crippen LogP contribution in [0.1, 0.15) is 35.2 Å². The Morgan fingerprint density at radius 2 is 1.51 bits per heavy atom. The van der Waals surface area contributed by atoms with Crippen LogP contribution in [0.15, 0.2) is 66.7 Å². The van der Waals surface area contributed by atoms with Crippen molar-refractivity contribution in [3.63, 3.8) is 0 Å². The summed E-state index contributed by atoms with van der Waals surface area (Å²) in [7, 11) is 0. The van der Waals surface area contributed by atoms with Crippen LogP contribution in [0.2, 0.25) is 5.02 Å². The highest BCUT2D eigenvalue weighted by molar-refractivity contribution is 6.39. The van der Waals surface area contributed by atoms with Gasteiger partial charge in [0.05, 0.1) is 5.54 Å². The summed E-state index contributed by atoms with van der Waals surface area (Å²) in [5, 5.41) is 22.5. The Labute approximate surface area is 301 Å². The second-order valence-corrected chi connectivity index (χ2v) is 12.0. The second kappa shape index (κ2) is 16.1. The lowest BCUT2D eigenvalue weighted by Gasteiger charge is -2.19. The molecule has 5 rings (SSSR count). The number of alkyl halides is 3. The van der Waals surface area contributed by atoms with Crippen molar-refractivity contribution in [2.24, 2.45) is 0 Å². The molecule has 1 saturated carbocycles. The zero-order chi connectivity index (χ0) is 38.3. The van der Waals surface area contributed by atoms with E-state index in [0.29, 0.717) is 23.9 Å². The molecular formula is C33H28ClF5N8O6. The number of halogens is 6. The van der Waals surface area contributed by atoms with Gasteiger partial charge in [0.15, 0.2) is 6.61 Å². The molecule has 1 fully saturated rings. The van der Waals surface area contributed by atoms with Gasteiger partial charge >= 0.3 is 30.0 Å². The van der Waals surface area contributed by atoms with Crippen LogP contribution in [-0.2, 0) is 19.9 Å². The van der Waals surface area contributed by atoms with Crippen molar-refractivity contribution in [1.29, 1.82) is 0 Å². The van der Waals surface area contributed by atoms with Gasteiger partial charge < -0.3 is 36.4 Å². The number of carbonyl (C=O) groups is 4. The maximum Gasteiger partial charge on any atom is 0.422 e. The van der Waals surface area contributed by atoms with Crippen LogP contribution in [-0.4, -0.2) is 69.1 Å². The van der Waals surface area contributed by atoms with Crippen LogP contribution in [0.25, 0.3) is 0 Å². The fourth-order valence-electron chi connectivity index (χ4n) is 4.83. The maximum atomic E-state index is 13.3. The zero-order valence-corrected chi connectivity index (χ0v) is 27.8. The number of rotatable bonds is 14. The van der Waals surface area contributed by atoms with Gasteiger partial charge in [-0.25, -0.2) is 13.6 Å². The van der Waals surface area contributed by atoms with E-state index in [1.54, 1.807) is 12.1 Å². The molecule has 1 atom stereocenters. The lowest BCUT2D eigenvalue weighted by molar-refractivity contribution is -0.154. The molecule has 0 bridgehead atoms. The second-order valence-electron chi connectivity index (χ2n) is 11.6. The molecule has 14 nitrogen and oxygen atoms in total. The van der Waals surface area contributed by atoms with E-state index in [4.69, 9.17) is 16.3 Å². The van der Waals surface area contributed by atoms with E-state index in [-0.39, 0.29) is 41.8 Å². The first kappa shape index (κ1) is 38.1. The summed E-state index contributed by atoms with van der Waals surface area (Å²) in [4.78, 5) is 61.0. The molecular weight excluding hydrogens is 735 g/mol. The van der Waals surface area contributed by atoms with Crippen molar-refractivity contribution >= 4 is 58.6 Å². The fourth-order valence-corrected chi connectivity index (χ4v) is 4.96. The number of carboxylic acids is 1. The summed E-state index contributed by atoms with van der Waals surface area (Å²) in [6.07, 6.45) is -3.64. The topological polar surface area (TPSA) is 197 Å². The molecule has 53 heavy (non-hydrogen) atoms. The van der Waals surface area contributed by atoms with Gasteiger partial charge in [0.2, 0.25) is 11.9 Å². The Morgan fingerprint density at radius 3 is 2.11 bits per heavy atom. The molecule has 3 aromatic carbocycles. The van der Waals surface area contributed by atoms with Gasteiger partial charge in [-0.3, -0.25) is 14.4 Å². The normalized spacial score (nSPS) is 13.6. The Bertz CT molecular complexity index is 1980. The number of hydrogen-bond acceptors (Lipinski definition) is 10. The molecule has 1 aromatic heterocycles. The smallest absolute Gasteiger partial charge is 0.422 e. The van der Waals surface area contributed by atoms with Crippen molar-refractivity contribution in [2.75, 3.05) is 29.1 Å². The number of nitrogens with one attached hydrogen (secondary N) is 5. The first-order chi connectivity index (χ1) is 25.1. The average Bonchev–Trinajstić information content (AvgIpc) is 3.86. The molecule has 0 radical (unpaired) electrons. The molecule has 4 aromatic rings. The van der Waals surface area contributed by atoms with Crippen LogP contribution < -0.4 is 31.3 Å². The molecule has 0 unspecified atom stereocenters. The van der Waals surface area contributed by atoms with Crippen molar-refractivity contribution in [1.82, 2.24) is 25.6 Å². The quantitative estimate of drug-likeness (QED) is 0.0754. The average molecular weight is 763 g/mol. The predicted octanol–water partition coefficient (Wildman–Crippen LogP) is 4.92. The van der Waals surface area contributed by atoms with E-state index in [1.807, 2.05) is 17.4 Å². The van der Waals surface area contributed by atoms with Crippen LogP contribution in [0.4, 0.5) is 45.2 Å². The van der Waals surface area contributed by atoms with Gasteiger partial charge in [0.25, 0.3) is 5.91 Å². The number of ether oxygens (including phenoxy) is 1. The fraction of sp³-hybridized carbons (Fsp3) is 0.242. The van der Waals surface area contributed by atoms with Gasteiger partial charge in [-0.2, -0.15) is 28.1 Å². The Hall–Kier alpha value is -6.11. The number of aromatic nitrogens is 3. The van der Waals surface area contributed by atoms with E-state index < -0.39 is 65.7 Å². The van der Waals surface area contributed by atoms with E-state index in [9.17, 15) is 46.2 Å². The van der Waals surface area contributed by atoms with E-state index in [0.717, 1.165) is 17.7 Å². The lowest BCUT2D eigenvalue weighted by atomic mass is 10.1. The van der Waals surface area contributed by atoms with Crippen molar-refractivity contribution in [2.45, 2.75) is 37.0 Å². The summed E-state index contributed by atoms with van der Waals surface area (Å²) in [6, 6.07) is 12.5. The number of benzene rings is 3. The van der Waals surface area contributed by atoms with Gasteiger partial charge in [-0.1, -0.05) is 23.7 Å². The van der Waals surface area contributed by atoms with Gasteiger partial charge in [-0.05, 0) is 73.4 Å². The van der Waals surface area contributed by atoms with Crippen LogP contribution >= 0.6 is 11.6 Å². The lowest BCUT2D eigenvalue weighted by Crippen LogP contribution is -2.44. The minimum Gasteiger partial charge on any atom is -0.480 e. The van der Waals surface area contributed by atoms with E-state index in [1.165, 1.54) is 24.3 Å². The zero-order valence-electron chi connectivity index (χ0n) is 27.1. The highest BCUT2D eigenvalue weighted by atomic mass is 35.5. The first-order valence-corrected chi connectivity index (χ1v) is 15.9. The molecule has 6 N–H and O–H groups in total. The van der Waals surface area contributed by atoms with E-state index >= 15 is 0 Å². The van der Waals surface area contributed by atoms with Crippen molar-refractivity contribution in [3.8, 4) is 6.01 Å². The summed E-state index contributed by atoms with van der Waals surface area (Å²) >= 11 is 6.00. The van der Waals surface area contributed by atoms with E-state index in [2.05, 4.69) is 36.2 Å². The molecule has 1 aliphatic rings. The Kier molecular flexibility index (Phi) is 11.6. The number of amides is 3. The van der Waals surface area contributed by atoms with Crippen molar-refractivity contribution in [3.05, 3.63) is 94.5 Å². The number of carboxylic acid groups (broad SMARTS) is 1. The standard InChI is InChI=1S/C33H28ClF5N8O6/c34-19-5-3-18(4-6-19)32(10-11-32)47-30-44-29(45-31(46-30)53-16-33(37,38)39)42-22-7-1-17(2-8-22)25(48)43-24(28(51)52)9-12-40-26(49)27(50)41-23-14-20(35)13-21(36)15-23/h1-8,13-15,24H,9-12,16H2,(H,40,49)(H,41,50)(H,43,48)(H,51,52)(H2,42,44,45,46,47)/t24-/m0/s1. The third-order valence-corrected chi connectivity index (χ3v) is 7.78. The molecule has 278 valence electrons. The summed E-state index contributed by atoms with van der Waals surface area (Å²) < 4.78 is 70.2. The molecule has 1 heterocycles. The summed E-state index contributed by atoms with van der Waals surface area (Å²) in [5.41, 5.74) is 0.266. The molecule has 0 spiro atoms. The SMILES string of the molecule is O=C(NCC[C@H](NC(=O)c1ccc(Nc2nc(NC3(c4ccc(Cl)cc4)CC3)nc(OCC(F)(F)F)n2)cc1)C(=O)O)C(=O)Nc1cc(F)cc(F)c1. The third kappa shape index (κ3) is 10.9. The molecule has 0 saturated heterocycles. The third-order valence-electron chi connectivity index (χ3n) is 7.53. The van der Waals surface area contributed by atoms with Crippen molar-refractivity contribution < 1.29 is 51.0 Å². The van der Waals surface area contributed by atoms with Gasteiger partial charge in [0, 0.05) is 34.6 Å². The monoisotopic (exact) mass is 762 g/mol. The van der Waals surface area contributed by atoms with Crippen LogP contribution in [0, 0.1) is 11.6 Å². The minimum atomic E-state index is -4.66. The molecule has 0 aliphatic heterocycles. The molecule has 1 aliphatic carbocycles. The Morgan fingerprint density at radius 1 is 0.868 bits per heavy atom. The van der Waals surface area contributed by atoms with Gasteiger partial charge in [-0.15, -0.1) is 0 Å². The number of aliphatic carboxylic acids is 1. The maximum absolute atomic E-state index is 13.3. The number of nitrogens with zero attached hydrogens (tertiary/aromatic N) is 3. The minimum absolute atomic E-state index is 0.0124. The predicted molar refractivity (Wildman–Crippen MR) is 179 cm³/mol. The summed E-state index contributed by atoms with van der Waals surface area (Å²) in [6.45, 7) is -2.03. The summed E-state index contributed by atoms with van der Waals surface area (Å²) in [5.74, 6) is -6.97.